The molecule has 1 aliphatic heterocycles. The Morgan fingerprint density at radius 1 is 1.32 bits per heavy atom. The number of phenolic OH excluding ortho intramolecular Hbond substituents is 2. The molecule has 0 spiro atoms. The minimum Gasteiger partial charge on any atom is -0.504 e. The Bertz CT molecular complexity index is 488. The van der Waals surface area contributed by atoms with Crippen molar-refractivity contribution in [1.29, 1.82) is 0 Å². The van der Waals surface area contributed by atoms with E-state index in [1.165, 1.54) is 6.07 Å². The Hall–Kier alpha value is -1.36. The maximum atomic E-state index is 12.4. The van der Waals surface area contributed by atoms with Crippen LogP contribution in [-0.2, 0) is 0 Å². The van der Waals surface area contributed by atoms with Gasteiger partial charge in [-0.15, -0.1) is 0 Å². The first-order chi connectivity index (χ1) is 8.91. The summed E-state index contributed by atoms with van der Waals surface area (Å²) in [4.78, 5) is 14.1. The zero-order valence-corrected chi connectivity index (χ0v) is 12.0. The first-order valence-electron chi connectivity index (χ1n) is 6.35. The van der Waals surface area contributed by atoms with Gasteiger partial charge in [-0.2, -0.15) is 11.8 Å². The molecule has 1 aromatic rings. The number of phenols is 2. The average molecular weight is 281 g/mol. The first kappa shape index (κ1) is 14.1. The fourth-order valence-corrected chi connectivity index (χ4v) is 3.20. The van der Waals surface area contributed by atoms with Crippen molar-refractivity contribution in [1.82, 2.24) is 4.90 Å². The largest absolute Gasteiger partial charge is 0.504 e. The number of hydrogen-bond acceptors (Lipinski definition) is 4. The molecule has 0 bridgehead atoms. The predicted molar refractivity (Wildman–Crippen MR) is 76.8 cm³/mol. The van der Waals surface area contributed by atoms with Crippen molar-refractivity contribution in [2.75, 3.05) is 18.8 Å². The van der Waals surface area contributed by atoms with Gasteiger partial charge in [0.15, 0.2) is 11.5 Å². The number of aromatic hydroxyl groups is 2. The van der Waals surface area contributed by atoms with Gasteiger partial charge in [0, 0.05) is 23.6 Å². The molecule has 2 rings (SSSR count). The molecule has 4 nitrogen and oxygen atoms in total. The minimum atomic E-state index is -0.330. The molecule has 1 saturated heterocycles. The van der Waals surface area contributed by atoms with E-state index in [1.54, 1.807) is 17.0 Å². The van der Waals surface area contributed by atoms with Crippen LogP contribution in [0.1, 0.15) is 30.6 Å². The van der Waals surface area contributed by atoms with E-state index >= 15 is 0 Å². The van der Waals surface area contributed by atoms with Crippen LogP contribution in [0.4, 0.5) is 0 Å². The molecule has 0 aliphatic carbocycles. The van der Waals surface area contributed by atoms with Crippen LogP contribution in [0.15, 0.2) is 18.2 Å². The lowest BCUT2D eigenvalue weighted by atomic mass is 10.1. The summed E-state index contributed by atoms with van der Waals surface area (Å²) in [5.41, 5.74) is 0.171. The number of carbonyl (C=O) groups is 1. The average Bonchev–Trinajstić information content (AvgIpc) is 2.53. The van der Waals surface area contributed by atoms with E-state index in [4.69, 9.17) is 0 Å². The number of amides is 1. The molecule has 0 unspecified atom stereocenters. The highest BCUT2D eigenvalue weighted by Gasteiger charge is 2.27. The van der Waals surface area contributed by atoms with Crippen molar-refractivity contribution < 1.29 is 15.0 Å². The van der Waals surface area contributed by atoms with Crippen LogP contribution in [0.5, 0.6) is 11.5 Å². The molecular formula is C14H19NO3S. The Labute approximate surface area is 117 Å². The fourth-order valence-electron chi connectivity index (χ4n) is 2.10. The van der Waals surface area contributed by atoms with Crippen LogP contribution in [0.3, 0.4) is 0 Å². The van der Waals surface area contributed by atoms with E-state index in [0.717, 1.165) is 12.2 Å². The Balaban J connectivity index is 2.18. The van der Waals surface area contributed by atoms with Gasteiger partial charge in [0.05, 0.1) is 5.56 Å². The second-order valence-electron chi connectivity index (χ2n) is 5.32. The lowest BCUT2D eigenvalue weighted by molar-refractivity contribution is 0.0761. The van der Waals surface area contributed by atoms with E-state index in [-0.39, 0.29) is 27.7 Å². The summed E-state index contributed by atoms with van der Waals surface area (Å²) < 4.78 is 0.176. The molecule has 1 heterocycles. The Kier molecular flexibility index (Phi) is 3.94. The smallest absolute Gasteiger partial charge is 0.257 e. The molecule has 1 aliphatic rings. The molecule has 5 heteroatoms. The van der Waals surface area contributed by atoms with Crippen molar-refractivity contribution in [3.63, 3.8) is 0 Å². The van der Waals surface area contributed by atoms with E-state index in [9.17, 15) is 15.0 Å². The molecular weight excluding hydrogens is 262 g/mol. The van der Waals surface area contributed by atoms with Crippen LogP contribution < -0.4 is 0 Å². The molecule has 0 saturated carbocycles. The van der Waals surface area contributed by atoms with E-state index in [2.05, 4.69) is 13.8 Å². The van der Waals surface area contributed by atoms with Crippen molar-refractivity contribution in [2.45, 2.75) is 25.0 Å². The standard InChI is InChI=1S/C14H19NO3S/c1-14(2)6-7-15(8-9-19-14)13(18)10-4-3-5-11(16)12(10)17/h3-5,16-17H,6-9H2,1-2H3. The van der Waals surface area contributed by atoms with Crippen molar-refractivity contribution in [2.24, 2.45) is 0 Å². The van der Waals surface area contributed by atoms with Gasteiger partial charge in [-0.05, 0) is 18.6 Å². The van der Waals surface area contributed by atoms with Crippen molar-refractivity contribution in [3.8, 4) is 11.5 Å². The lowest BCUT2D eigenvalue weighted by Crippen LogP contribution is -2.33. The van der Waals surface area contributed by atoms with Crippen LogP contribution in [-0.4, -0.2) is 44.6 Å². The minimum absolute atomic E-state index is 0.171. The molecule has 1 fully saturated rings. The molecule has 0 atom stereocenters. The molecule has 0 aromatic heterocycles. The highest BCUT2D eigenvalue weighted by atomic mass is 32.2. The van der Waals surface area contributed by atoms with Crippen LogP contribution >= 0.6 is 11.8 Å². The number of rotatable bonds is 1. The number of carbonyl (C=O) groups excluding carboxylic acids is 1. The van der Waals surface area contributed by atoms with E-state index in [0.29, 0.717) is 13.1 Å². The van der Waals surface area contributed by atoms with Gasteiger partial charge in [0.2, 0.25) is 0 Å². The third kappa shape index (κ3) is 3.15. The number of nitrogens with zero attached hydrogens (tertiary/aromatic N) is 1. The number of para-hydroxylation sites is 1. The van der Waals surface area contributed by atoms with E-state index < -0.39 is 0 Å². The quantitative estimate of drug-likeness (QED) is 0.776. The number of benzene rings is 1. The van der Waals surface area contributed by atoms with Crippen LogP contribution in [0.25, 0.3) is 0 Å². The number of hydrogen-bond donors (Lipinski definition) is 2. The lowest BCUT2D eigenvalue weighted by Gasteiger charge is -2.23. The number of thioether (sulfide) groups is 1. The summed E-state index contributed by atoms with van der Waals surface area (Å²) in [6.45, 7) is 5.70. The summed E-state index contributed by atoms with van der Waals surface area (Å²) in [7, 11) is 0. The van der Waals surface area contributed by atoms with Crippen molar-refractivity contribution >= 4 is 17.7 Å². The van der Waals surface area contributed by atoms with Gasteiger partial charge in [-0.1, -0.05) is 19.9 Å². The van der Waals surface area contributed by atoms with Crippen molar-refractivity contribution in [3.05, 3.63) is 23.8 Å². The van der Waals surface area contributed by atoms with Crippen LogP contribution in [0.2, 0.25) is 0 Å². The fraction of sp³-hybridized carbons (Fsp3) is 0.500. The summed E-state index contributed by atoms with van der Waals surface area (Å²) >= 11 is 1.86. The summed E-state index contributed by atoms with van der Waals surface area (Å²) in [5, 5.41) is 19.2. The molecule has 1 aromatic carbocycles. The Morgan fingerprint density at radius 2 is 2.05 bits per heavy atom. The zero-order valence-electron chi connectivity index (χ0n) is 11.2. The molecule has 19 heavy (non-hydrogen) atoms. The predicted octanol–water partition coefficient (Wildman–Crippen LogP) is 2.46. The van der Waals surface area contributed by atoms with Gasteiger partial charge < -0.3 is 15.1 Å². The molecule has 0 radical (unpaired) electrons. The maximum absolute atomic E-state index is 12.4. The summed E-state index contributed by atoms with van der Waals surface area (Å²) in [6, 6.07) is 4.48. The second-order valence-corrected chi connectivity index (χ2v) is 7.13. The molecule has 1 amide bonds. The normalized spacial score (nSPS) is 18.9. The third-order valence-corrected chi connectivity index (χ3v) is 4.74. The summed E-state index contributed by atoms with van der Waals surface area (Å²) in [6.07, 6.45) is 0.920. The third-order valence-electron chi connectivity index (χ3n) is 3.37. The van der Waals surface area contributed by atoms with Gasteiger partial charge in [0.25, 0.3) is 5.91 Å². The molecule has 104 valence electrons. The van der Waals surface area contributed by atoms with E-state index in [1.807, 2.05) is 11.8 Å². The monoisotopic (exact) mass is 281 g/mol. The Morgan fingerprint density at radius 3 is 2.79 bits per heavy atom. The SMILES string of the molecule is CC1(C)CCN(C(=O)c2cccc(O)c2O)CCS1. The van der Waals surface area contributed by atoms with Gasteiger partial charge in [-0.25, -0.2) is 0 Å². The highest BCUT2D eigenvalue weighted by molar-refractivity contribution is 8.00. The molecule has 2 N–H and O–H groups in total. The zero-order chi connectivity index (χ0) is 14.0. The van der Waals surface area contributed by atoms with Gasteiger partial charge in [-0.3, -0.25) is 4.79 Å². The van der Waals surface area contributed by atoms with Gasteiger partial charge >= 0.3 is 0 Å². The topological polar surface area (TPSA) is 60.8 Å². The van der Waals surface area contributed by atoms with Crippen LogP contribution in [0, 0.1) is 0 Å². The summed E-state index contributed by atoms with van der Waals surface area (Å²) in [5.74, 6) is 0.0870. The highest BCUT2D eigenvalue weighted by Crippen LogP contribution is 2.33. The maximum Gasteiger partial charge on any atom is 0.257 e. The second kappa shape index (κ2) is 5.33. The first-order valence-corrected chi connectivity index (χ1v) is 7.33. The van der Waals surface area contributed by atoms with Gasteiger partial charge in [0.1, 0.15) is 0 Å².